The maximum absolute atomic E-state index is 13.5. The number of aliphatic hydroxyl groups excluding tert-OH is 1. The van der Waals surface area contributed by atoms with Gasteiger partial charge >= 0.3 is 24.2 Å². The van der Waals surface area contributed by atoms with Crippen molar-refractivity contribution in [1.29, 1.82) is 0 Å². The normalized spacial score (nSPS) is 16.1. The molecule has 0 aromatic heterocycles. The predicted molar refractivity (Wildman–Crippen MR) is 174 cm³/mol. The van der Waals surface area contributed by atoms with Gasteiger partial charge in [-0.05, 0) is 101 Å². The van der Waals surface area contributed by atoms with E-state index in [0.717, 1.165) is 0 Å². The van der Waals surface area contributed by atoms with Crippen molar-refractivity contribution in [3.05, 3.63) is 29.8 Å². The van der Waals surface area contributed by atoms with E-state index in [1.807, 2.05) is 0 Å². The second-order valence-corrected chi connectivity index (χ2v) is 15.0. The first kappa shape index (κ1) is 39.1. The average molecular weight is 665 g/mol. The molecule has 0 fully saturated rings. The summed E-state index contributed by atoms with van der Waals surface area (Å²) in [6, 6.07) is 6.11. The van der Waals surface area contributed by atoms with Crippen LogP contribution in [0.2, 0.25) is 0 Å². The van der Waals surface area contributed by atoms with E-state index in [1.165, 1.54) is 9.80 Å². The van der Waals surface area contributed by atoms with Crippen LogP contribution < -0.4 is 10.1 Å². The molecule has 14 nitrogen and oxygen atoms in total. The fourth-order valence-corrected chi connectivity index (χ4v) is 3.95. The van der Waals surface area contributed by atoms with Gasteiger partial charge in [-0.1, -0.05) is 12.1 Å². The van der Waals surface area contributed by atoms with Crippen LogP contribution in [0.3, 0.4) is 0 Å². The highest BCUT2D eigenvalue weighted by Crippen LogP contribution is 2.29. The highest BCUT2D eigenvalue weighted by atomic mass is 16.6. The molecule has 2 rings (SSSR count). The second-order valence-electron chi connectivity index (χ2n) is 15.0. The fourth-order valence-electron chi connectivity index (χ4n) is 3.95. The number of aliphatic hydroxyl groups is 1. The van der Waals surface area contributed by atoms with Crippen molar-refractivity contribution in [3.63, 3.8) is 0 Å². The van der Waals surface area contributed by atoms with Crippen LogP contribution in [0.4, 0.5) is 14.4 Å². The fraction of sp³-hybridized carbons (Fsp3) is 0.667. The number of guanidine groups is 1. The number of esters is 1. The van der Waals surface area contributed by atoms with Crippen LogP contribution in [0.5, 0.6) is 5.75 Å². The molecule has 1 aliphatic rings. The van der Waals surface area contributed by atoms with Gasteiger partial charge in [0.1, 0.15) is 34.8 Å². The van der Waals surface area contributed by atoms with Crippen molar-refractivity contribution >= 4 is 30.2 Å². The summed E-state index contributed by atoms with van der Waals surface area (Å²) in [6.45, 7) is 20.2. The lowest BCUT2D eigenvalue weighted by molar-refractivity contribution is -0.166. The first-order valence-corrected chi connectivity index (χ1v) is 15.5. The minimum absolute atomic E-state index is 0.00898. The van der Waals surface area contributed by atoms with Gasteiger partial charge in [0.2, 0.25) is 5.96 Å². The minimum atomic E-state index is -1.47. The second kappa shape index (κ2) is 15.2. The molecule has 1 unspecified atom stereocenters. The summed E-state index contributed by atoms with van der Waals surface area (Å²) in [5, 5.41) is 12.7. The summed E-state index contributed by atoms with van der Waals surface area (Å²) in [7, 11) is 0. The number of amides is 3. The number of benzene rings is 1. The molecule has 2 N–H and O–H groups in total. The van der Waals surface area contributed by atoms with E-state index in [4.69, 9.17) is 28.7 Å². The highest BCUT2D eigenvalue weighted by molar-refractivity contribution is 6.02. The van der Waals surface area contributed by atoms with E-state index in [2.05, 4.69) is 5.32 Å². The number of hydrogen-bond donors (Lipinski definition) is 2. The molecule has 1 aromatic rings. The van der Waals surface area contributed by atoms with E-state index in [-0.39, 0.29) is 32.2 Å². The lowest BCUT2D eigenvalue weighted by Crippen LogP contribution is -2.52. The Morgan fingerprint density at radius 1 is 0.851 bits per heavy atom. The van der Waals surface area contributed by atoms with Gasteiger partial charge in [0.15, 0.2) is 6.10 Å². The van der Waals surface area contributed by atoms with Crippen molar-refractivity contribution in [1.82, 2.24) is 15.1 Å². The van der Waals surface area contributed by atoms with Gasteiger partial charge in [0.05, 0.1) is 12.6 Å². The van der Waals surface area contributed by atoms with Crippen LogP contribution in [0.15, 0.2) is 29.3 Å². The number of carbonyl (C=O) groups excluding carboxylic acids is 4. The zero-order valence-corrected chi connectivity index (χ0v) is 29.8. The van der Waals surface area contributed by atoms with E-state index >= 15 is 0 Å². The third-order valence-corrected chi connectivity index (χ3v) is 5.69. The van der Waals surface area contributed by atoms with Crippen LogP contribution >= 0.6 is 0 Å². The molecule has 14 heteroatoms. The summed E-state index contributed by atoms with van der Waals surface area (Å²) >= 11 is 0. The molecule has 0 bridgehead atoms. The molecule has 1 heterocycles. The lowest BCUT2D eigenvalue weighted by atomic mass is 10.1. The summed E-state index contributed by atoms with van der Waals surface area (Å²) in [5.41, 5.74) is -2.48. The quantitative estimate of drug-likeness (QED) is 0.279. The average Bonchev–Trinajstić information content (AvgIpc) is 3.31. The van der Waals surface area contributed by atoms with Gasteiger partial charge < -0.3 is 34.1 Å². The Morgan fingerprint density at radius 2 is 1.38 bits per heavy atom. The first-order chi connectivity index (χ1) is 21.3. The molecule has 0 radical (unpaired) electrons. The van der Waals surface area contributed by atoms with E-state index < -0.39 is 58.8 Å². The smallest absolute Gasteiger partial charge is 0.417 e. The van der Waals surface area contributed by atoms with Crippen molar-refractivity contribution in [2.75, 3.05) is 26.2 Å². The van der Waals surface area contributed by atoms with Gasteiger partial charge in [-0.2, -0.15) is 0 Å². The third-order valence-electron chi connectivity index (χ3n) is 5.69. The Hall–Kier alpha value is -4.07. The molecule has 3 amide bonds. The zero-order chi connectivity index (χ0) is 36.0. The highest BCUT2D eigenvalue weighted by Gasteiger charge is 2.40. The van der Waals surface area contributed by atoms with E-state index in [0.29, 0.717) is 11.3 Å². The SMILES string of the molecule is CC(C)(C)OC(=O)NCCN(C(=O)OC(C)(C)C)C1=NC(c2ccc(OC[C@@H](O)C(=O)OC(C)(C)C)cc2)CN1C(=O)OC(C)(C)C. The molecule has 47 heavy (non-hydrogen) atoms. The molecular formula is C33H52N4O10. The molecule has 0 saturated heterocycles. The first-order valence-electron chi connectivity index (χ1n) is 15.5. The lowest BCUT2D eigenvalue weighted by Gasteiger charge is -2.31. The van der Waals surface area contributed by atoms with Crippen LogP contribution in [0.1, 0.15) is 94.7 Å². The number of carbonyl (C=O) groups is 4. The minimum Gasteiger partial charge on any atom is -0.490 e. The van der Waals surface area contributed by atoms with E-state index in [1.54, 1.807) is 107 Å². The molecule has 264 valence electrons. The van der Waals surface area contributed by atoms with Gasteiger partial charge in [-0.15, -0.1) is 0 Å². The summed E-state index contributed by atoms with van der Waals surface area (Å²) in [6.07, 6.45) is -3.63. The molecule has 0 saturated carbocycles. The Balaban J connectivity index is 2.34. The van der Waals surface area contributed by atoms with Gasteiger partial charge in [0, 0.05) is 13.1 Å². The molecular weight excluding hydrogens is 612 g/mol. The largest absolute Gasteiger partial charge is 0.490 e. The molecule has 1 aromatic carbocycles. The van der Waals surface area contributed by atoms with Gasteiger partial charge in [0.25, 0.3) is 0 Å². The van der Waals surface area contributed by atoms with Crippen LogP contribution in [0, 0.1) is 0 Å². The van der Waals surface area contributed by atoms with Gasteiger partial charge in [-0.25, -0.2) is 34.0 Å². The van der Waals surface area contributed by atoms with Crippen molar-refractivity contribution in [3.8, 4) is 5.75 Å². The van der Waals surface area contributed by atoms with Crippen LogP contribution in [-0.4, -0.2) is 99.9 Å². The van der Waals surface area contributed by atoms with E-state index in [9.17, 15) is 24.3 Å². The number of ether oxygens (including phenoxy) is 5. The summed E-state index contributed by atoms with van der Waals surface area (Å²) < 4.78 is 27.3. The monoisotopic (exact) mass is 664 g/mol. The zero-order valence-electron chi connectivity index (χ0n) is 29.8. The Kier molecular flexibility index (Phi) is 12.7. The molecule has 1 aliphatic heterocycles. The van der Waals surface area contributed by atoms with Crippen LogP contribution in [0.25, 0.3) is 0 Å². The number of nitrogens with zero attached hydrogens (tertiary/aromatic N) is 3. The number of alkyl carbamates (subject to hydrolysis) is 1. The van der Waals surface area contributed by atoms with Crippen molar-refractivity contribution in [2.24, 2.45) is 4.99 Å². The maximum atomic E-state index is 13.5. The predicted octanol–water partition coefficient (Wildman–Crippen LogP) is 5.18. The van der Waals surface area contributed by atoms with Gasteiger partial charge in [-0.3, -0.25) is 0 Å². The van der Waals surface area contributed by atoms with Crippen molar-refractivity contribution in [2.45, 2.75) is 118 Å². The number of rotatable bonds is 8. The Morgan fingerprint density at radius 3 is 1.89 bits per heavy atom. The van der Waals surface area contributed by atoms with Crippen LogP contribution in [-0.2, 0) is 23.7 Å². The molecule has 2 atom stereocenters. The number of nitrogens with one attached hydrogen (secondary N) is 1. The summed E-state index contributed by atoms with van der Waals surface area (Å²) in [4.78, 5) is 58.4. The maximum Gasteiger partial charge on any atom is 0.417 e. The molecule has 0 aliphatic carbocycles. The standard InChI is InChI=1S/C33H52N4O10/c1-30(2,3)44-25(39)24(38)20-43-22-15-13-21(14-16-22)23-19-37(29(42)47-33(10,11)12)26(35-23)36(28(41)46-32(7,8)9)18-17-34-27(40)45-31(4,5)6/h13-16,23-24,38H,17-20H2,1-12H3,(H,34,40)/t23?,24-/m1/s1. The number of hydrogen-bond acceptors (Lipinski definition) is 11. The summed E-state index contributed by atoms with van der Waals surface area (Å²) in [5.74, 6) is -0.420. The molecule has 0 spiro atoms. The third kappa shape index (κ3) is 14.1. The Labute approximate surface area is 277 Å². The van der Waals surface area contributed by atoms with Crippen molar-refractivity contribution < 1.29 is 48.0 Å². The Bertz CT molecular complexity index is 1280. The topological polar surface area (TPSA) is 166 Å². The number of aliphatic imine (C=N–C) groups is 1.